The molecule has 1 heterocycles. The lowest BCUT2D eigenvalue weighted by Crippen LogP contribution is -2.55. The van der Waals surface area contributed by atoms with Crippen molar-refractivity contribution in [3.8, 4) is 0 Å². The molecule has 0 spiro atoms. The van der Waals surface area contributed by atoms with Crippen molar-refractivity contribution in [2.24, 2.45) is 5.92 Å². The molecule has 1 saturated heterocycles. The van der Waals surface area contributed by atoms with Crippen LogP contribution in [0.5, 0.6) is 0 Å². The van der Waals surface area contributed by atoms with Gasteiger partial charge in [-0.15, -0.1) is 0 Å². The minimum absolute atomic E-state index is 0.0277. The Labute approximate surface area is 374 Å². The highest BCUT2D eigenvalue weighted by Gasteiger charge is 2.42. The average Bonchev–Trinajstić information content (AvgIpc) is 3.25. The van der Waals surface area contributed by atoms with Crippen LogP contribution in [0.2, 0.25) is 0 Å². The number of aliphatic hydroxyl groups excluding tert-OH is 3. The third kappa shape index (κ3) is 24.3. The number of unbranched alkanes of at least 4 members (excludes halogenated alkanes) is 22. The lowest BCUT2D eigenvalue weighted by Gasteiger charge is -2.39. The van der Waals surface area contributed by atoms with Crippen LogP contribution in [0.25, 0.3) is 0 Å². The molecule has 11 nitrogen and oxygen atoms in total. The van der Waals surface area contributed by atoms with Gasteiger partial charge in [0, 0.05) is 36.2 Å². The number of aliphatic hydroxyl groups is 3. The van der Waals surface area contributed by atoms with Gasteiger partial charge in [0.15, 0.2) is 0 Å². The molecule has 12 heteroatoms. The first-order chi connectivity index (χ1) is 29.5. The summed E-state index contributed by atoms with van der Waals surface area (Å²) >= 11 is 1.10. The Morgan fingerprint density at radius 1 is 0.656 bits per heavy atom. The lowest BCUT2D eigenvalue weighted by molar-refractivity contribution is -0.192. The van der Waals surface area contributed by atoms with Crippen LogP contribution in [0.1, 0.15) is 211 Å². The first-order valence-corrected chi connectivity index (χ1v) is 25.4. The van der Waals surface area contributed by atoms with Gasteiger partial charge in [-0.05, 0) is 50.3 Å². The molecule has 352 valence electrons. The number of rotatable bonds is 37. The van der Waals surface area contributed by atoms with Gasteiger partial charge in [-0.1, -0.05) is 180 Å². The Hall–Kier alpha value is -2.38. The highest BCUT2D eigenvalue weighted by atomic mass is 32.2. The number of carboxylic acids is 1. The molecule has 0 aliphatic carbocycles. The molecule has 0 aromatic heterocycles. The zero-order valence-corrected chi connectivity index (χ0v) is 39.4. The number of amides is 2. The molecular formula is C49H87N3O8S. The van der Waals surface area contributed by atoms with Crippen molar-refractivity contribution < 1.29 is 39.5 Å². The van der Waals surface area contributed by atoms with Gasteiger partial charge >= 0.3 is 5.97 Å². The lowest BCUT2D eigenvalue weighted by atomic mass is 9.93. The van der Waals surface area contributed by atoms with Gasteiger partial charge in [-0.3, -0.25) is 14.4 Å². The molecule has 1 aromatic rings. The normalized spacial score (nSPS) is 19.5. The second-order valence-corrected chi connectivity index (χ2v) is 18.9. The molecule has 2 rings (SSSR count). The standard InChI is InChI=1S/C49H87N3O8S/c1-5-7-9-11-13-15-17-19-21-23-25-27-29-38(30-28-26-24-22-20-18-16-14-12-10-8-6-2)36-51-47(58)39-33-40(52-42(48(59)50-4)31-32-43(53)54)35-41(34-39)61-49-46(57)45(56)44(55)37(3)60-49/h33-35,37-38,42,44-46,49,52,55-57H,5-32,36H2,1-4H3,(H,50,59)(H,51,58)(H,53,54)/t37-,42?,44+,45+,46-,49-/m0/s1. The number of carbonyl (C=O) groups is 3. The maximum atomic E-state index is 13.9. The Kier molecular flexibility index (Phi) is 30.6. The molecule has 1 aliphatic rings. The number of benzene rings is 1. The third-order valence-electron chi connectivity index (χ3n) is 12.3. The summed E-state index contributed by atoms with van der Waals surface area (Å²) in [6.07, 6.45) is 28.5. The van der Waals surface area contributed by atoms with Crippen LogP contribution in [-0.4, -0.2) is 87.7 Å². The van der Waals surface area contributed by atoms with Gasteiger partial charge in [-0.2, -0.15) is 0 Å². The fourth-order valence-corrected chi connectivity index (χ4v) is 9.46. The molecule has 1 aliphatic heterocycles. The van der Waals surface area contributed by atoms with E-state index < -0.39 is 41.9 Å². The van der Waals surface area contributed by atoms with Gasteiger partial charge in [0.05, 0.1) is 6.10 Å². The summed E-state index contributed by atoms with van der Waals surface area (Å²) in [5.41, 5.74) is -0.163. The van der Waals surface area contributed by atoms with Crippen LogP contribution < -0.4 is 16.0 Å². The number of thioether (sulfide) groups is 1. The maximum absolute atomic E-state index is 13.9. The summed E-state index contributed by atoms with van der Waals surface area (Å²) in [6, 6.07) is 4.18. The molecule has 0 saturated carbocycles. The van der Waals surface area contributed by atoms with Gasteiger partial charge in [0.2, 0.25) is 5.91 Å². The number of carboxylic acid groups (broad SMARTS) is 1. The van der Waals surface area contributed by atoms with Crippen molar-refractivity contribution in [1.29, 1.82) is 0 Å². The number of anilines is 1. The number of likely N-dealkylation sites (N-methyl/N-ethyl adjacent to an activating group) is 1. The van der Waals surface area contributed by atoms with Crippen molar-refractivity contribution in [2.75, 3.05) is 18.9 Å². The van der Waals surface area contributed by atoms with Crippen LogP contribution in [-0.2, 0) is 14.3 Å². The molecule has 7 N–H and O–H groups in total. The molecule has 1 unspecified atom stereocenters. The van der Waals surface area contributed by atoms with Crippen molar-refractivity contribution in [2.45, 2.75) is 241 Å². The molecule has 0 radical (unpaired) electrons. The van der Waals surface area contributed by atoms with Crippen LogP contribution in [0, 0.1) is 5.92 Å². The molecule has 1 fully saturated rings. The van der Waals surface area contributed by atoms with Gasteiger partial charge in [0.25, 0.3) is 5.91 Å². The van der Waals surface area contributed by atoms with E-state index in [4.69, 9.17) is 4.74 Å². The van der Waals surface area contributed by atoms with E-state index in [1.807, 2.05) is 0 Å². The summed E-state index contributed by atoms with van der Waals surface area (Å²) < 4.78 is 5.85. The second-order valence-electron chi connectivity index (χ2n) is 17.7. The van der Waals surface area contributed by atoms with E-state index in [1.165, 1.54) is 148 Å². The average molecular weight is 878 g/mol. The number of nitrogens with one attached hydrogen (secondary N) is 3. The predicted molar refractivity (Wildman–Crippen MR) is 250 cm³/mol. The molecule has 2 amide bonds. The first kappa shape index (κ1) is 54.8. The highest BCUT2D eigenvalue weighted by molar-refractivity contribution is 7.99. The van der Waals surface area contributed by atoms with Crippen molar-refractivity contribution in [3.63, 3.8) is 0 Å². The number of aliphatic carboxylic acids is 1. The van der Waals surface area contributed by atoms with Gasteiger partial charge in [-0.25, -0.2) is 0 Å². The summed E-state index contributed by atoms with van der Waals surface area (Å²) in [5, 5.41) is 49.7. The Morgan fingerprint density at radius 3 is 1.59 bits per heavy atom. The number of hydrogen-bond acceptors (Lipinski definition) is 9. The largest absolute Gasteiger partial charge is 0.481 e. The maximum Gasteiger partial charge on any atom is 0.303 e. The van der Waals surface area contributed by atoms with Gasteiger partial charge < -0.3 is 41.1 Å². The van der Waals surface area contributed by atoms with E-state index >= 15 is 0 Å². The molecule has 61 heavy (non-hydrogen) atoms. The van der Waals surface area contributed by atoms with E-state index in [2.05, 4.69) is 29.8 Å². The monoisotopic (exact) mass is 878 g/mol. The minimum Gasteiger partial charge on any atom is -0.481 e. The molecule has 1 aromatic carbocycles. The van der Waals surface area contributed by atoms with Crippen molar-refractivity contribution in [3.05, 3.63) is 23.8 Å². The summed E-state index contributed by atoms with van der Waals surface area (Å²) in [5.74, 6) is -1.32. The molecular weight excluding hydrogens is 791 g/mol. The van der Waals surface area contributed by atoms with E-state index in [-0.39, 0.29) is 24.7 Å². The van der Waals surface area contributed by atoms with E-state index in [0.717, 1.165) is 37.4 Å². The quantitative estimate of drug-likeness (QED) is 0.0318. The minimum atomic E-state index is -1.41. The second kappa shape index (κ2) is 34.1. The zero-order chi connectivity index (χ0) is 44.7. The fraction of sp³-hybridized carbons (Fsp3) is 0.816. The molecule has 6 atom stereocenters. The van der Waals surface area contributed by atoms with Crippen LogP contribution in [0.4, 0.5) is 5.69 Å². The number of ether oxygens (including phenoxy) is 1. The smallest absolute Gasteiger partial charge is 0.303 e. The number of carbonyl (C=O) groups excluding carboxylic acids is 2. The third-order valence-corrected chi connectivity index (χ3v) is 13.4. The van der Waals surface area contributed by atoms with E-state index in [9.17, 15) is 34.8 Å². The number of hydrogen-bond donors (Lipinski definition) is 7. The Bertz CT molecular complexity index is 1290. The van der Waals surface area contributed by atoms with Crippen molar-refractivity contribution in [1.82, 2.24) is 10.6 Å². The SMILES string of the molecule is CCCCCCCCCCCCCCC(CCCCCCCCCCCCCC)CNC(=O)c1cc(NC(CCC(=O)O)C(=O)NC)cc(S[C@@H]2O[C@@H](C)[C@@H](O)[C@@H](O)[C@@H]2O)c1. The van der Waals surface area contributed by atoms with Crippen LogP contribution >= 0.6 is 11.8 Å². The fourth-order valence-electron chi connectivity index (χ4n) is 8.27. The Balaban J connectivity index is 2.08. The summed E-state index contributed by atoms with van der Waals surface area (Å²) in [6.45, 7) is 6.70. The zero-order valence-electron chi connectivity index (χ0n) is 38.6. The van der Waals surface area contributed by atoms with E-state index in [0.29, 0.717) is 28.6 Å². The van der Waals surface area contributed by atoms with E-state index in [1.54, 1.807) is 25.1 Å². The predicted octanol–water partition coefficient (Wildman–Crippen LogP) is 10.5. The first-order valence-electron chi connectivity index (χ1n) is 24.5. The van der Waals surface area contributed by atoms with Crippen LogP contribution in [0.15, 0.2) is 23.1 Å². The summed E-state index contributed by atoms with van der Waals surface area (Å²) in [4.78, 5) is 38.6. The van der Waals surface area contributed by atoms with Crippen LogP contribution in [0.3, 0.4) is 0 Å². The summed E-state index contributed by atoms with van der Waals surface area (Å²) in [7, 11) is 1.48. The van der Waals surface area contributed by atoms with Gasteiger partial charge in [0.1, 0.15) is 29.8 Å². The molecule has 0 bridgehead atoms. The Morgan fingerprint density at radius 2 is 1.13 bits per heavy atom. The topological polar surface area (TPSA) is 177 Å². The highest BCUT2D eigenvalue weighted by Crippen LogP contribution is 2.35. The van der Waals surface area contributed by atoms with Crippen molar-refractivity contribution >= 4 is 35.2 Å².